The van der Waals surface area contributed by atoms with Crippen molar-refractivity contribution in [3.63, 3.8) is 0 Å². The molecule has 7 heteroatoms. The number of rotatable bonds is 1. The number of imidazole rings is 1. The van der Waals surface area contributed by atoms with Crippen LogP contribution in [0.25, 0.3) is 11.3 Å². The molecule has 0 aliphatic carbocycles. The number of hydrogen-bond acceptors (Lipinski definition) is 6. The summed E-state index contributed by atoms with van der Waals surface area (Å²) in [6.07, 6.45) is 9.04. The van der Waals surface area contributed by atoms with Gasteiger partial charge in [-0.05, 0) is 6.92 Å². The molecule has 1 N–H and O–H groups in total. The summed E-state index contributed by atoms with van der Waals surface area (Å²) in [5, 5.41) is 3.35. The van der Waals surface area contributed by atoms with Crippen LogP contribution >= 0.6 is 0 Å². The van der Waals surface area contributed by atoms with Crippen molar-refractivity contribution in [3.05, 3.63) is 42.3 Å². The molecule has 0 saturated carbocycles. The van der Waals surface area contributed by atoms with Gasteiger partial charge in [0.05, 0.1) is 23.8 Å². The molecule has 0 aromatic carbocycles. The van der Waals surface area contributed by atoms with Crippen LogP contribution < -0.4 is 5.32 Å². The SMILES string of the molecule is Cc1nc2cnccn2c1C1=CC(N2CCNCC2)=NC=C=N1. The molecule has 0 amide bonds. The van der Waals surface area contributed by atoms with Gasteiger partial charge in [0, 0.05) is 50.5 Å². The Bertz CT molecular complexity index is 862. The van der Waals surface area contributed by atoms with Crippen LogP contribution in [-0.2, 0) is 0 Å². The first-order valence-electron chi connectivity index (χ1n) is 7.65. The van der Waals surface area contributed by atoms with Crippen LogP contribution in [-0.4, -0.2) is 57.2 Å². The highest BCUT2D eigenvalue weighted by Gasteiger charge is 2.18. The van der Waals surface area contributed by atoms with Gasteiger partial charge in [-0.15, -0.1) is 0 Å². The molecule has 0 bridgehead atoms. The van der Waals surface area contributed by atoms with E-state index >= 15 is 0 Å². The minimum Gasteiger partial charge on any atom is -0.354 e. The molecule has 116 valence electrons. The van der Waals surface area contributed by atoms with Crippen molar-refractivity contribution in [3.8, 4) is 0 Å². The first kappa shape index (κ1) is 13.9. The van der Waals surface area contributed by atoms with E-state index in [-0.39, 0.29) is 0 Å². The number of nitrogens with one attached hydrogen (secondary N) is 1. The molecule has 2 aromatic heterocycles. The zero-order valence-electron chi connectivity index (χ0n) is 12.9. The normalized spacial score (nSPS) is 18.0. The summed E-state index contributed by atoms with van der Waals surface area (Å²) in [7, 11) is 0. The maximum atomic E-state index is 4.55. The van der Waals surface area contributed by atoms with E-state index in [1.807, 2.05) is 23.6 Å². The average Bonchev–Trinajstić information content (AvgIpc) is 2.76. The molecule has 2 aliphatic heterocycles. The van der Waals surface area contributed by atoms with Gasteiger partial charge in [0.2, 0.25) is 0 Å². The molecular formula is C16H17N7. The van der Waals surface area contributed by atoms with E-state index in [1.165, 1.54) is 0 Å². The second kappa shape index (κ2) is 5.79. The summed E-state index contributed by atoms with van der Waals surface area (Å²) in [5.74, 6) is 3.81. The van der Waals surface area contributed by atoms with Gasteiger partial charge >= 0.3 is 0 Å². The highest BCUT2D eigenvalue weighted by atomic mass is 15.2. The zero-order chi connectivity index (χ0) is 15.6. The summed E-state index contributed by atoms with van der Waals surface area (Å²) < 4.78 is 2.00. The van der Waals surface area contributed by atoms with Crippen molar-refractivity contribution in [2.24, 2.45) is 9.98 Å². The van der Waals surface area contributed by atoms with Crippen molar-refractivity contribution in [2.75, 3.05) is 26.2 Å². The molecule has 0 spiro atoms. The van der Waals surface area contributed by atoms with E-state index in [4.69, 9.17) is 0 Å². The molecule has 4 heterocycles. The lowest BCUT2D eigenvalue weighted by atomic mass is 10.2. The lowest BCUT2D eigenvalue weighted by Crippen LogP contribution is -2.45. The van der Waals surface area contributed by atoms with E-state index < -0.39 is 0 Å². The molecule has 23 heavy (non-hydrogen) atoms. The summed E-state index contributed by atoms with van der Waals surface area (Å²) >= 11 is 0. The highest BCUT2D eigenvalue weighted by Crippen LogP contribution is 2.22. The van der Waals surface area contributed by atoms with Crippen molar-refractivity contribution in [1.82, 2.24) is 24.6 Å². The Morgan fingerprint density at radius 2 is 2.13 bits per heavy atom. The van der Waals surface area contributed by atoms with Crippen molar-refractivity contribution in [2.45, 2.75) is 6.92 Å². The average molecular weight is 307 g/mol. The highest BCUT2D eigenvalue weighted by molar-refractivity contribution is 6.01. The summed E-state index contributed by atoms with van der Waals surface area (Å²) in [4.78, 5) is 19.9. The summed E-state index contributed by atoms with van der Waals surface area (Å²) in [5.41, 5.74) is 3.49. The number of amidine groups is 1. The summed E-state index contributed by atoms with van der Waals surface area (Å²) in [6.45, 7) is 5.79. The predicted octanol–water partition coefficient (Wildman–Crippen LogP) is 0.879. The Morgan fingerprint density at radius 3 is 3.00 bits per heavy atom. The Balaban J connectivity index is 1.80. The van der Waals surface area contributed by atoms with Crippen LogP contribution in [0.1, 0.15) is 11.4 Å². The van der Waals surface area contributed by atoms with Crippen LogP contribution in [0, 0.1) is 6.92 Å². The van der Waals surface area contributed by atoms with Crippen LogP contribution in [0.15, 0.2) is 40.9 Å². The first-order chi connectivity index (χ1) is 11.3. The zero-order valence-corrected chi connectivity index (χ0v) is 12.9. The quantitative estimate of drug-likeness (QED) is 0.849. The number of aryl methyl sites for hydroxylation is 1. The number of nitrogens with zero attached hydrogens (tertiary/aromatic N) is 6. The lowest BCUT2D eigenvalue weighted by molar-refractivity contribution is 0.359. The van der Waals surface area contributed by atoms with Crippen LogP contribution in [0.4, 0.5) is 0 Å². The third kappa shape index (κ3) is 2.56. The smallest absolute Gasteiger partial charge is 0.156 e. The van der Waals surface area contributed by atoms with Gasteiger partial charge in [-0.1, -0.05) is 0 Å². The number of aliphatic imine (C=N–C) groups is 2. The van der Waals surface area contributed by atoms with E-state index in [0.29, 0.717) is 0 Å². The van der Waals surface area contributed by atoms with Crippen LogP contribution in [0.5, 0.6) is 0 Å². The Labute approximate surface area is 133 Å². The van der Waals surface area contributed by atoms with Crippen LogP contribution in [0.3, 0.4) is 0 Å². The predicted molar refractivity (Wildman–Crippen MR) is 89.6 cm³/mol. The fraction of sp³-hybridized carbons (Fsp3) is 0.312. The topological polar surface area (TPSA) is 70.2 Å². The molecule has 1 fully saturated rings. The Hall–Kier alpha value is -2.76. The number of hydrogen-bond donors (Lipinski definition) is 1. The molecule has 0 radical (unpaired) electrons. The van der Waals surface area contributed by atoms with E-state index in [1.54, 1.807) is 18.6 Å². The largest absolute Gasteiger partial charge is 0.354 e. The van der Waals surface area contributed by atoms with Crippen molar-refractivity contribution >= 4 is 23.0 Å². The van der Waals surface area contributed by atoms with Gasteiger partial charge in [0.25, 0.3) is 0 Å². The third-order valence-electron chi connectivity index (χ3n) is 3.99. The standard InChI is InChI=1S/C16H17N7/c1-12-16(23-9-6-18-11-15(23)21-12)13-10-14(20-3-2-19-13)22-7-4-17-5-8-22/h3,6,9-11,17H,4-5,7-8H2,1H3. The second-order valence-corrected chi connectivity index (χ2v) is 5.47. The van der Waals surface area contributed by atoms with Crippen molar-refractivity contribution in [1.29, 1.82) is 0 Å². The maximum Gasteiger partial charge on any atom is 0.156 e. The number of piperazine rings is 1. The van der Waals surface area contributed by atoms with Gasteiger partial charge in [0.15, 0.2) is 5.65 Å². The molecule has 0 unspecified atom stereocenters. The maximum absolute atomic E-state index is 4.55. The van der Waals surface area contributed by atoms with Gasteiger partial charge in [-0.3, -0.25) is 9.38 Å². The monoisotopic (exact) mass is 307 g/mol. The van der Waals surface area contributed by atoms with Crippen molar-refractivity contribution < 1.29 is 0 Å². The minimum atomic E-state index is 0.810. The molecule has 0 atom stereocenters. The van der Waals surface area contributed by atoms with Gasteiger partial charge < -0.3 is 10.2 Å². The van der Waals surface area contributed by atoms with E-state index in [9.17, 15) is 0 Å². The third-order valence-corrected chi connectivity index (χ3v) is 3.99. The first-order valence-corrected chi connectivity index (χ1v) is 7.65. The fourth-order valence-electron chi connectivity index (χ4n) is 2.91. The molecule has 2 aliphatic rings. The van der Waals surface area contributed by atoms with Crippen LogP contribution in [0.2, 0.25) is 0 Å². The molecule has 4 rings (SSSR count). The summed E-state index contributed by atoms with van der Waals surface area (Å²) in [6, 6.07) is 0. The molecule has 2 aromatic rings. The fourth-order valence-corrected chi connectivity index (χ4v) is 2.91. The molecular weight excluding hydrogens is 290 g/mol. The number of aromatic nitrogens is 3. The molecule has 1 saturated heterocycles. The Kier molecular flexibility index (Phi) is 3.49. The lowest BCUT2D eigenvalue weighted by Gasteiger charge is -2.28. The van der Waals surface area contributed by atoms with Gasteiger partial charge in [-0.25, -0.2) is 15.0 Å². The van der Waals surface area contributed by atoms with E-state index in [2.05, 4.69) is 36.0 Å². The minimum absolute atomic E-state index is 0.810. The van der Waals surface area contributed by atoms with E-state index in [0.717, 1.165) is 54.7 Å². The Morgan fingerprint density at radius 1 is 1.26 bits per heavy atom. The van der Waals surface area contributed by atoms with Gasteiger partial charge in [0.1, 0.15) is 11.5 Å². The second-order valence-electron chi connectivity index (χ2n) is 5.47. The van der Waals surface area contributed by atoms with Gasteiger partial charge in [-0.2, -0.15) is 0 Å². The number of fused-ring (bicyclic) bond motifs is 1. The molecule has 7 nitrogen and oxygen atoms in total.